The average Bonchev–Trinajstić information content (AvgIpc) is 2.79. The largest absolute Gasteiger partial charge is 0.493 e. The molecule has 2 N–H and O–H groups in total. The van der Waals surface area contributed by atoms with E-state index in [-0.39, 0.29) is 11.6 Å². The normalized spacial score (nSPS) is 11.2. The van der Waals surface area contributed by atoms with E-state index >= 15 is 0 Å². The Morgan fingerprint density at radius 1 is 0.906 bits per heavy atom. The SMILES string of the molecule is Cc1ccc(NC(=O)/C(=C\c2ccccc2)NC(=O)c2ccc(OCC(C)C)cc2)cc1. The molecular formula is C27H28N2O3. The van der Waals surface area contributed by atoms with Gasteiger partial charge in [-0.1, -0.05) is 61.9 Å². The Hall–Kier alpha value is -3.86. The number of benzene rings is 3. The molecule has 0 spiro atoms. The molecule has 0 bridgehead atoms. The lowest BCUT2D eigenvalue weighted by Crippen LogP contribution is -2.30. The van der Waals surface area contributed by atoms with Crippen LogP contribution in [0.2, 0.25) is 0 Å². The summed E-state index contributed by atoms with van der Waals surface area (Å²) < 4.78 is 5.67. The Morgan fingerprint density at radius 3 is 2.19 bits per heavy atom. The molecule has 2 amide bonds. The van der Waals surface area contributed by atoms with Gasteiger partial charge in [-0.15, -0.1) is 0 Å². The molecule has 32 heavy (non-hydrogen) atoms. The van der Waals surface area contributed by atoms with Crippen molar-refractivity contribution in [3.05, 3.63) is 101 Å². The van der Waals surface area contributed by atoms with E-state index in [1.807, 2.05) is 61.5 Å². The zero-order valence-corrected chi connectivity index (χ0v) is 18.6. The van der Waals surface area contributed by atoms with Crippen LogP contribution in [-0.2, 0) is 4.79 Å². The van der Waals surface area contributed by atoms with Gasteiger partial charge in [-0.05, 0) is 60.9 Å². The van der Waals surface area contributed by atoms with Crippen LogP contribution in [0.1, 0.15) is 35.3 Å². The second-order valence-corrected chi connectivity index (χ2v) is 7.97. The zero-order valence-electron chi connectivity index (χ0n) is 18.6. The van der Waals surface area contributed by atoms with Crippen LogP contribution < -0.4 is 15.4 Å². The van der Waals surface area contributed by atoms with E-state index in [1.165, 1.54) is 0 Å². The van der Waals surface area contributed by atoms with Crippen molar-refractivity contribution in [2.24, 2.45) is 5.92 Å². The maximum atomic E-state index is 13.0. The summed E-state index contributed by atoms with van der Waals surface area (Å²) in [6.45, 7) is 6.73. The quantitative estimate of drug-likeness (QED) is 0.470. The van der Waals surface area contributed by atoms with Crippen LogP contribution in [0.15, 0.2) is 84.6 Å². The molecule has 0 fully saturated rings. The van der Waals surface area contributed by atoms with Crippen molar-refractivity contribution in [3.63, 3.8) is 0 Å². The molecule has 0 aliphatic rings. The molecule has 0 aliphatic carbocycles. The molecule has 5 nitrogen and oxygen atoms in total. The van der Waals surface area contributed by atoms with Crippen LogP contribution in [0.25, 0.3) is 6.08 Å². The van der Waals surface area contributed by atoms with E-state index < -0.39 is 5.91 Å². The summed E-state index contributed by atoms with van der Waals surface area (Å²) in [5, 5.41) is 5.59. The third-order valence-corrected chi connectivity index (χ3v) is 4.61. The topological polar surface area (TPSA) is 67.4 Å². The van der Waals surface area contributed by atoms with Crippen molar-refractivity contribution >= 4 is 23.6 Å². The molecule has 0 aliphatic heterocycles. The van der Waals surface area contributed by atoms with Crippen LogP contribution >= 0.6 is 0 Å². The molecule has 0 heterocycles. The third kappa shape index (κ3) is 6.84. The summed E-state index contributed by atoms with van der Waals surface area (Å²) in [6.07, 6.45) is 1.65. The Morgan fingerprint density at radius 2 is 1.56 bits per heavy atom. The highest BCUT2D eigenvalue weighted by atomic mass is 16.5. The van der Waals surface area contributed by atoms with Crippen LogP contribution in [0.5, 0.6) is 5.75 Å². The number of carbonyl (C=O) groups is 2. The first-order valence-electron chi connectivity index (χ1n) is 10.6. The molecule has 5 heteroatoms. The molecule has 3 rings (SSSR count). The molecule has 0 saturated carbocycles. The Kier molecular flexibility index (Phi) is 7.81. The van der Waals surface area contributed by atoms with Gasteiger partial charge in [0.1, 0.15) is 11.4 Å². The monoisotopic (exact) mass is 428 g/mol. The smallest absolute Gasteiger partial charge is 0.272 e. The first-order chi connectivity index (χ1) is 15.4. The average molecular weight is 429 g/mol. The van der Waals surface area contributed by atoms with Gasteiger partial charge in [0, 0.05) is 11.3 Å². The van der Waals surface area contributed by atoms with Gasteiger partial charge in [-0.2, -0.15) is 0 Å². The summed E-state index contributed by atoms with van der Waals surface area (Å²) in [5.74, 6) is 0.340. The van der Waals surface area contributed by atoms with E-state index in [0.29, 0.717) is 29.5 Å². The molecule has 0 unspecified atom stereocenters. The Labute approximate surface area is 189 Å². The van der Waals surface area contributed by atoms with Crippen molar-refractivity contribution in [3.8, 4) is 5.75 Å². The van der Waals surface area contributed by atoms with Gasteiger partial charge >= 0.3 is 0 Å². The highest BCUT2D eigenvalue weighted by molar-refractivity contribution is 6.10. The van der Waals surface area contributed by atoms with E-state index in [9.17, 15) is 9.59 Å². The molecule has 0 atom stereocenters. The minimum Gasteiger partial charge on any atom is -0.493 e. The number of anilines is 1. The lowest BCUT2D eigenvalue weighted by Gasteiger charge is -2.12. The number of hydrogen-bond donors (Lipinski definition) is 2. The summed E-state index contributed by atoms with van der Waals surface area (Å²) in [4.78, 5) is 25.8. The number of hydrogen-bond acceptors (Lipinski definition) is 3. The molecule has 0 saturated heterocycles. The standard InChI is InChI=1S/C27H28N2O3/c1-19(2)18-32-24-15-11-22(12-16-24)26(30)29-25(17-21-7-5-4-6-8-21)27(31)28-23-13-9-20(3)10-14-23/h4-17,19H,18H2,1-3H3,(H,28,31)(H,29,30)/b25-17+. The number of ether oxygens (including phenoxy) is 1. The fraction of sp³-hybridized carbons (Fsp3) is 0.185. The van der Waals surface area contributed by atoms with Gasteiger partial charge in [0.05, 0.1) is 6.61 Å². The molecule has 0 radical (unpaired) electrons. The molecule has 164 valence electrons. The predicted molar refractivity (Wildman–Crippen MR) is 128 cm³/mol. The second-order valence-electron chi connectivity index (χ2n) is 7.97. The van der Waals surface area contributed by atoms with Crippen LogP contribution in [0, 0.1) is 12.8 Å². The lowest BCUT2D eigenvalue weighted by atomic mass is 10.1. The van der Waals surface area contributed by atoms with Gasteiger partial charge < -0.3 is 15.4 Å². The predicted octanol–water partition coefficient (Wildman–Crippen LogP) is 5.44. The van der Waals surface area contributed by atoms with Gasteiger partial charge in [-0.3, -0.25) is 9.59 Å². The minimum absolute atomic E-state index is 0.155. The number of carbonyl (C=O) groups excluding carboxylic acids is 2. The maximum absolute atomic E-state index is 13.0. The summed E-state index contributed by atoms with van der Waals surface area (Å²) in [5.41, 5.74) is 3.14. The minimum atomic E-state index is -0.400. The summed E-state index contributed by atoms with van der Waals surface area (Å²) in [7, 11) is 0. The van der Waals surface area contributed by atoms with Gasteiger partial charge in [0.25, 0.3) is 11.8 Å². The van der Waals surface area contributed by atoms with E-state index in [0.717, 1.165) is 11.1 Å². The Bertz CT molecular complexity index is 1070. The van der Waals surface area contributed by atoms with Gasteiger partial charge in [0.2, 0.25) is 0 Å². The van der Waals surface area contributed by atoms with E-state index in [2.05, 4.69) is 24.5 Å². The van der Waals surface area contributed by atoms with Crippen molar-refractivity contribution in [2.45, 2.75) is 20.8 Å². The van der Waals surface area contributed by atoms with Crippen molar-refractivity contribution < 1.29 is 14.3 Å². The molecule has 3 aromatic carbocycles. The highest BCUT2D eigenvalue weighted by Gasteiger charge is 2.15. The van der Waals surface area contributed by atoms with Crippen molar-refractivity contribution in [2.75, 3.05) is 11.9 Å². The number of rotatable bonds is 8. The van der Waals surface area contributed by atoms with Crippen molar-refractivity contribution in [1.29, 1.82) is 0 Å². The highest BCUT2D eigenvalue weighted by Crippen LogP contribution is 2.15. The number of nitrogens with one attached hydrogen (secondary N) is 2. The first-order valence-corrected chi connectivity index (χ1v) is 10.6. The fourth-order valence-corrected chi connectivity index (χ4v) is 2.87. The maximum Gasteiger partial charge on any atom is 0.272 e. The van der Waals surface area contributed by atoms with Gasteiger partial charge in [-0.25, -0.2) is 0 Å². The summed E-state index contributed by atoms with van der Waals surface area (Å²) in [6, 6.07) is 23.7. The molecular weight excluding hydrogens is 400 g/mol. The second kappa shape index (κ2) is 11.0. The molecule has 3 aromatic rings. The Balaban J connectivity index is 1.77. The first kappa shape index (κ1) is 22.8. The lowest BCUT2D eigenvalue weighted by molar-refractivity contribution is -0.113. The van der Waals surface area contributed by atoms with E-state index in [4.69, 9.17) is 4.74 Å². The summed E-state index contributed by atoms with van der Waals surface area (Å²) >= 11 is 0. The third-order valence-electron chi connectivity index (χ3n) is 4.61. The van der Waals surface area contributed by atoms with Crippen LogP contribution in [0.4, 0.5) is 5.69 Å². The van der Waals surface area contributed by atoms with Crippen LogP contribution in [0.3, 0.4) is 0 Å². The van der Waals surface area contributed by atoms with Crippen LogP contribution in [-0.4, -0.2) is 18.4 Å². The number of aryl methyl sites for hydroxylation is 1. The zero-order chi connectivity index (χ0) is 22.9. The van der Waals surface area contributed by atoms with E-state index in [1.54, 1.807) is 30.3 Å². The number of amides is 2. The van der Waals surface area contributed by atoms with Crippen molar-refractivity contribution in [1.82, 2.24) is 5.32 Å². The fourth-order valence-electron chi connectivity index (χ4n) is 2.87. The molecule has 0 aromatic heterocycles. The van der Waals surface area contributed by atoms with Gasteiger partial charge in [0.15, 0.2) is 0 Å².